The summed E-state index contributed by atoms with van der Waals surface area (Å²) in [5, 5.41) is 0. The molecule has 0 spiro atoms. The highest BCUT2D eigenvalue weighted by Gasteiger charge is 2.25. The first-order chi connectivity index (χ1) is 16.3. The van der Waals surface area contributed by atoms with Crippen LogP contribution in [0.5, 0.6) is 0 Å². The molecule has 3 aromatic carbocycles. The van der Waals surface area contributed by atoms with Gasteiger partial charge in [0.2, 0.25) is 0 Å². The van der Waals surface area contributed by atoms with Crippen molar-refractivity contribution >= 4 is 30.0 Å². The van der Waals surface area contributed by atoms with E-state index in [4.69, 9.17) is 12.6 Å². The van der Waals surface area contributed by atoms with Gasteiger partial charge in [-0.05, 0) is 57.9 Å². The predicted octanol–water partition coefficient (Wildman–Crippen LogP) is 9.11. The van der Waals surface area contributed by atoms with Crippen LogP contribution in [0.2, 0.25) is 0 Å². The second kappa shape index (κ2) is 8.78. The van der Waals surface area contributed by atoms with E-state index in [9.17, 15) is 0 Å². The summed E-state index contributed by atoms with van der Waals surface area (Å²) in [4.78, 5) is 3.81. The highest BCUT2D eigenvalue weighted by Crippen LogP contribution is 2.48. The molecule has 6 rings (SSSR count). The standard InChI is InChI=1S/C31H24S2/c32-31-27(21-9-2-1-3-10-21)16-8-17-28(31)23-12-6-11-22(19-23)26-15-7-13-24-20-30(26)33-29-18-5-4-14-25(24)29/h1-3,5-13,15-20,24,32H,4,14H2. The Kier molecular flexibility index (Phi) is 5.49. The van der Waals surface area contributed by atoms with Gasteiger partial charge in [-0.3, -0.25) is 0 Å². The Morgan fingerprint density at radius 1 is 0.818 bits per heavy atom. The molecule has 160 valence electrons. The summed E-state index contributed by atoms with van der Waals surface area (Å²) < 4.78 is 0. The van der Waals surface area contributed by atoms with Gasteiger partial charge in [0.1, 0.15) is 0 Å². The smallest absolute Gasteiger partial charge is 0.0197 e. The van der Waals surface area contributed by atoms with Crippen LogP contribution in [0, 0.1) is 5.92 Å². The van der Waals surface area contributed by atoms with Gasteiger partial charge in [0, 0.05) is 20.6 Å². The Morgan fingerprint density at radius 2 is 1.58 bits per heavy atom. The minimum absolute atomic E-state index is 0.421. The van der Waals surface area contributed by atoms with E-state index in [0.29, 0.717) is 5.92 Å². The zero-order valence-corrected chi connectivity index (χ0v) is 20.0. The SMILES string of the molecule is Sc1c(-c2ccccc2)cccc1-c1cccc(C2=CC=CC3C=C2SC2=C3CCC=C2)c1. The number of hydrogen-bond donors (Lipinski definition) is 1. The Morgan fingerprint density at radius 3 is 2.45 bits per heavy atom. The molecule has 0 saturated heterocycles. The third-order valence-electron chi connectivity index (χ3n) is 6.57. The average molecular weight is 461 g/mol. The molecule has 0 N–H and O–H groups in total. The molecule has 1 heterocycles. The summed E-state index contributed by atoms with van der Waals surface area (Å²) in [6.45, 7) is 0. The van der Waals surface area contributed by atoms with E-state index in [1.54, 1.807) is 5.57 Å². The maximum Gasteiger partial charge on any atom is 0.0197 e. The fourth-order valence-electron chi connectivity index (χ4n) is 4.90. The molecule has 0 saturated carbocycles. The monoisotopic (exact) mass is 460 g/mol. The summed E-state index contributed by atoms with van der Waals surface area (Å²) in [7, 11) is 0. The van der Waals surface area contributed by atoms with Gasteiger partial charge in [-0.2, -0.15) is 0 Å². The highest BCUT2D eigenvalue weighted by atomic mass is 32.2. The largest absolute Gasteiger partial charge is 0.142 e. The van der Waals surface area contributed by atoms with Crippen molar-refractivity contribution in [1.29, 1.82) is 0 Å². The second-order valence-corrected chi connectivity index (χ2v) is 10.1. The average Bonchev–Trinajstić information content (AvgIpc) is 3.04. The molecule has 33 heavy (non-hydrogen) atoms. The molecule has 2 bridgehead atoms. The van der Waals surface area contributed by atoms with Crippen molar-refractivity contribution in [2.24, 2.45) is 5.92 Å². The van der Waals surface area contributed by atoms with Gasteiger partial charge in [0.25, 0.3) is 0 Å². The van der Waals surface area contributed by atoms with E-state index in [-0.39, 0.29) is 0 Å². The first kappa shape index (κ1) is 20.7. The van der Waals surface area contributed by atoms with Crippen molar-refractivity contribution in [1.82, 2.24) is 0 Å². The zero-order chi connectivity index (χ0) is 22.2. The van der Waals surface area contributed by atoms with Crippen molar-refractivity contribution < 1.29 is 0 Å². The van der Waals surface area contributed by atoms with E-state index in [2.05, 4.69) is 109 Å². The molecule has 0 aromatic heterocycles. The summed E-state index contributed by atoms with van der Waals surface area (Å²) in [5.74, 6) is 0.421. The van der Waals surface area contributed by atoms with Gasteiger partial charge in [-0.1, -0.05) is 115 Å². The third-order valence-corrected chi connectivity index (χ3v) is 8.25. The molecule has 1 aliphatic heterocycles. The van der Waals surface area contributed by atoms with Crippen LogP contribution in [-0.2, 0) is 0 Å². The second-order valence-electron chi connectivity index (χ2n) is 8.60. The van der Waals surface area contributed by atoms with E-state index in [1.807, 2.05) is 11.8 Å². The topological polar surface area (TPSA) is 0 Å². The molecule has 3 aromatic rings. The summed E-state index contributed by atoms with van der Waals surface area (Å²) in [6.07, 6.45) is 16.3. The highest BCUT2D eigenvalue weighted by molar-refractivity contribution is 8.07. The van der Waals surface area contributed by atoms with Crippen molar-refractivity contribution in [3.05, 3.63) is 130 Å². The number of thioether (sulfide) groups is 1. The quantitative estimate of drug-likeness (QED) is 0.380. The number of hydrogen-bond acceptors (Lipinski definition) is 2. The van der Waals surface area contributed by atoms with Crippen LogP contribution in [0.3, 0.4) is 0 Å². The Balaban J connectivity index is 1.38. The third kappa shape index (κ3) is 3.88. The van der Waals surface area contributed by atoms with Gasteiger partial charge in [0.15, 0.2) is 0 Å². The maximum atomic E-state index is 4.97. The number of thiol groups is 1. The number of allylic oxidation sites excluding steroid dienone is 8. The van der Waals surface area contributed by atoms with Crippen molar-refractivity contribution in [3.63, 3.8) is 0 Å². The molecule has 0 fully saturated rings. The molecule has 1 atom stereocenters. The summed E-state index contributed by atoms with van der Waals surface area (Å²) >= 11 is 6.89. The normalized spacial score (nSPS) is 19.0. The van der Waals surface area contributed by atoms with Gasteiger partial charge >= 0.3 is 0 Å². The van der Waals surface area contributed by atoms with Gasteiger partial charge < -0.3 is 0 Å². The van der Waals surface area contributed by atoms with E-state index < -0.39 is 0 Å². The van der Waals surface area contributed by atoms with Crippen molar-refractivity contribution in [2.75, 3.05) is 0 Å². The van der Waals surface area contributed by atoms with Gasteiger partial charge in [-0.15, -0.1) is 12.6 Å². The van der Waals surface area contributed by atoms with E-state index in [0.717, 1.165) is 22.4 Å². The van der Waals surface area contributed by atoms with Crippen molar-refractivity contribution in [3.8, 4) is 22.3 Å². The first-order valence-corrected chi connectivity index (χ1v) is 12.7. The van der Waals surface area contributed by atoms with Crippen LogP contribution in [0.25, 0.3) is 27.8 Å². The van der Waals surface area contributed by atoms with E-state index >= 15 is 0 Å². The predicted molar refractivity (Wildman–Crippen MR) is 146 cm³/mol. The maximum absolute atomic E-state index is 4.97. The first-order valence-electron chi connectivity index (χ1n) is 11.4. The molecule has 0 nitrogen and oxygen atoms in total. The molecule has 0 amide bonds. The van der Waals surface area contributed by atoms with Gasteiger partial charge in [-0.25, -0.2) is 0 Å². The molecule has 2 heteroatoms. The van der Waals surface area contributed by atoms with Crippen LogP contribution in [-0.4, -0.2) is 0 Å². The van der Waals surface area contributed by atoms with Crippen LogP contribution in [0.4, 0.5) is 0 Å². The number of benzene rings is 3. The van der Waals surface area contributed by atoms with Crippen LogP contribution < -0.4 is 0 Å². The minimum Gasteiger partial charge on any atom is -0.142 e. The lowest BCUT2D eigenvalue weighted by Crippen LogP contribution is -2.07. The van der Waals surface area contributed by atoms with Gasteiger partial charge in [0.05, 0.1) is 0 Å². The molecular weight excluding hydrogens is 436 g/mol. The summed E-state index contributed by atoms with van der Waals surface area (Å²) in [5.41, 5.74) is 8.83. The van der Waals surface area contributed by atoms with Crippen LogP contribution >= 0.6 is 24.4 Å². The molecular formula is C31H24S2. The lowest BCUT2D eigenvalue weighted by atomic mass is 9.90. The minimum atomic E-state index is 0.421. The number of rotatable bonds is 3. The molecule has 0 radical (unpaired) electrons. The van der Waals surface area contributed by atoms with Crippen molar-refractivity contribution in [2.45, 2.75) is 17.7 Å². The Hall–Kier alpha value is -2.94. The lowest BCUT2D eigenvalue weighted by Gasteiger charge is -2.26. The van der Waals surface area contributed by atoms with Crippen LogP contribution in [0.15, 0.2) is 130 Å². The van der Waals surface area contributed by atoms with E-state index in [1.165, 1.54) is 38.5 Å². The zero-order valence-electron chi connectivity index (χ0n) is 18.2. The molecule has 2 aliphatic carbocycles. The van der Waals surface area contributed by atoms with Crippen LogP contribution in [0.1, 0.15) is 18.4 Å². The molecule has 1 unspecified atom stereocenters. The Labute approximate surface area is 205 Å². The summed E-state index contributed by atoms with van der Waals surface area (Å²) in [6, 6.07) is 25.8. The number of fused-ring (bicyclic) bond motifs is 2. The lowest BCUT2D eigenvalue weighted by molar-refractivity contribution is 0.826. The fourth-order valence-corrected chi connectivity index (χ4v) is 6.58. The molecule has 3 aliphatic rings. The fraction of sp³-hybridized carbons (Fsp3) is 0.0968. The Bertz CT molecular complexity index is 1380.